The van der Waals surface area contributed by atoms with Crippen molar-refractivity contribution >= 4 is 27.3 Å². The highest BCUT2D eigenvalue weighted by Crippen LogP contribution is 2.16. The van der Waals surface area contributed by atoms with Crippen molar-refractivity contribution in [1.29, 1.82) is 0 Å². The molecule has 6 nitrogen and oxygen atoms in total. The van der Waals surface area contributed by atoms with Gasteiger partial charge in [0.25, 0.3) is 0 Å². The van der Waals surface area contributed by atoms with E-state index < -0.39 is 10.0 Å². The number of carbonyl (C=O) groups is 1. The third-order valence-corrected chi connectivity index (χ3v) is 6.63. The van der Waals surface area contributed by atoms with E-state index in [-0.39, 0.29) is 18.4 Å². The van der Waals surface area contributed by atoms with Crippen molar-refractivity contribution < 1.29 is 13.2 Å². The highest BCUT2D eigenvalue weighted by molar-refractivity contribution is 7.88. The van der Waals surface area contributed by atoms with Crippen molar-refractivity contribution in [3.05, 3.63) is 52.0 Å². The number of hydrogen-bond acceptors (Lipinski definition) is 5. The molecule has 0 saturated carbocycles. The summed E-state index contributed by atoms with van der Waals surface area (Å²) in [4.78, 5) is 16.8. The lowest BCUT2D eigenvalue weighted by Gasteiger charge is -2.30. The zero-order chi connectivity index (χ0) is 18.6. The van der Waals surface area contributed by atoms with Crippen LogP contribution < -0.4 is 5.32 Å². The average Bonchev–Trinajstić information content (AvgIpc) is 3.02. The fourth-order valence-corrected chi connectivity index (χ4v) is 4.76. The normalized spacial score (nSPS) is 16.5. The molecule has 1 aromatic heterocycles. The van der Waals surface area contributed by atoms with Gasteiger partial charge in [0.15, 0.2) is 0 Å². The summed E-state index contributed by atoms with van der Waals surface area (Å²) in [5, 5.41) is 5.94. The first-order chi connectivity index (χ1) is 12.4. The molecule has 0 unspecified atom stereocenters. The van der Waals surface area contributed by atoms with Crippen LogP contribution in [0.2, 0.25) is 0 Å². The maximum absolute atomic E-state index is 12.2. The van der Waals surface area contributed by atoms with Crippen LogP contribution in [0.1, 0.15) is 29.1 Å². The molecule has 1 aliphatic rings. The summed E-state index contributed by atoms with van der Waals surface area (Å²) in [5.74, 6) is -0.0561. The molecule has 2 heterocycles. The Hall–Kier alpha value is -1.77. The smallest absolute Gasteiger partial charge is 0.226 e. The molecule has 0 spiro atoms. The number of hydrogen-bond donors (Lipinski definition) is 1. The van der Waals surface area contributed by atoms with E-state index in [2.05, 4.69) is 22.4 Å². The molecular formula is C18H23N3O3S2. The second-order valence-corrected chi connectivity index (χ2v) is 9.50. The molecule has 3 rings (SSSR count). The molecule has 1 aliphatic heterocycles. The quantitative estimate of drug-likeness (QED) is 0.812. The molecule has 26 heavy (non-hydrogen) atoms. The lowest BCUT2D eigenvalue weighted by atomic mass is 10.1. The van der Waals surface area contributed by atoms with Gasteiger partial charge in [-0.3, -0.25) is 4.79 Å². The van der Waals surface area contributed by atoms with Gasteiger partial charge >= 0.3 is 0 Å². The van der Waals surface area contributed by atoms with Crippen molar-refractivity contribution in [2.75, 3.05) is 19.3 Å². The van der Waals surface area contributed by atoms with Crippen molar-refractivity contribution in [3.8, 4) is 0 Å². The van der Waals surface area contributed by atoms with Crippen LogP contribution in [0.3, 0.4) is 0 Å². The van der Waals surface area contributed by atoms with Crippen molar-refractivity contribution in [3.63, 3.8) is 0 Å². The first kappa shape index (κ1) is 19.0. The van der Waals surface area contributed by atoms with Gasteiger partial charge in [0.1, 0.15) is 0 Å². The number of nitrogens with zero attached hydrogens (tertiary/aromatic N) is 2. The lowest BCUT2D eigenvalue weighted by Crippen LogP contribution is -2.46. The minimum Gasteiger partial charge on any atom is -0.353 e. The van der Waals surface area contributed by atoms with Gasteiger partial charge < -0.3 is 5.32 Å². The summed E-state index contributed by atoms with van der Waals surface area (Å²) >= 11 is 1.57. The maximum atomic E-state index is 12.2. The van der Waals surface area contributed by atoms with E-state index >= 15 is 0 Å². The molecule has 0 bridgehead atoms. The summed E-state index contributed by atoms with van der Waals surface area (Å²) in [5.41, 5.74) is 1.99. The Bertz CT molecular complexity index is 842. The number of carbonyl (C=O) groups excluding carboxylic acids is 1. The summed E-state index contributed by atoms with van der Waals surface area (Å²) in [6.45, 7) is 0.920. The van der Waals surface area contributed by atoms with Crippen LogP contribution in [-0.4, -0.2) is 49.0 Å². The van der Waals surface area contributed by atoms with Gasteiger partial charge in [0, 0.05) is 30.9 Å². The Labute approximate surface area is 158 Å². The summed E-state index contributed by atoms with van der Waals surface area (Å²) < 4.78 is 24.5. The third kappa shape index (κ3) is 5.36. The Morgan fingerprint density at radius 2 is 1.96 bits per heavy atom. The van der Waals surface area contributed by atoms with E-state index in [1.807, 2.05) is 23.6 Å². The van der Waals surface area contributed by atoms with Crippen LogP contribution in [0, 0.1) is 0 Å². The first-order valence-electron chi connectivity index (χ1n) is 8.62. The number of thiazole rings is 1. The molecule has 0 radical (unpaired) electrons. The number of piperidine rings is 1. The van der Waals surface area contributed by atoms with Crippen molar-refractivity contribution in [2.24, 2.45) is 0 Å². The molecule has 8 heteroatoms. The molecule has 1 aromatic carbocycles. The summed E-state index contributed by atoms with van der Waals surface area (Å²) in [6, 6.07) is 10.2. The van der Waals surface area contributed by atoms with Gasteiger partial charge in [-0.2, -0.15) is 0 Å². The molecule has 1 N–H and O–H groups in total. The Morgan fingerprint density at radius 3 is 2.62 bits per heavy atom. The van der Waals surface area contributed by atoms with E-state index in [0.717, 1.165) is 17.1 Å². The SMILES string of the molecule is CS(=O)(=O)N1CCC(NC(=O)Cc2csc(Cc3ccccc3)n2)CC1. The highest BCUT2D eigenvalue weighted by Gasteiger charge is 2.25. The number of amides is 1. The second kappa shape index (κ2) is 8.28. The fraction of sp³-hybridized carbons (Fsp3) is 0.444. The molecule has 1 saturated heterocycles. The molecule has 1 fully saturated rings. The van der Waals surface area contributed by atoms with E-state index in [0.29, 0.717) is 25.9 Å². The third-order valence-electron chi connectivity index (χ3n) is 4.43. The minimum absolute atomic E-state index is 0.0305. The number of aromatic nitrogens is 1. The predicted molar refractivity (Wildman–Crippen MR) is 103 cm³/mol. The van der Waals surface area contributed by atoms with Crippen LogP contribution in [0.5, 0.6) is 0 Å². The Morgan fingerprint density at radius 1 is 1.27 bits per heavy atom. The van der Waals surface area contributed by atoms with Gasteiger partial charge in [-0.15, -0.1) is 11.3 Å². The van der Waals surface area contributed by atoms with Gasteiger partial charge in [-0.05, 0) is 18.4 Å². The summed E-state index contributed by atoms with van der Waals surface area (Å²) in [6.07, 6.45) is 3.56. The van der Waals surface area contributed by atoms with Gasteiger partial charge in [0.05, 0.1) is 23.4 Å². The number of sulfonamides is 1. The van der Waals surface area contributed by atoms with Gasteiger partial charge in [0.2, 0.25) is 15.9 Å². The molecule has 140 valence electrons. The van der Waals surface area contributed by atoms with Crippen LogP contribution in [0.15, 0.2) is 35.7 Å². The van der Waals surface area contributed by atoms with Crippen molar-refractivity contribution in [1.82, 2.24) is 14.6 Å². The zero-order valence-electron chi connectivity index (χ0n) is 14.7. The predicted octanol–water partition coefficient (Wildman–Crippen LogP) is 1.82. The average molecular weight is 394 g/mol. The fourth-order valence-electron chi connectivity index (χ4n) is 3.06. The monoisotopic (exact) mass is 393 g/mol. The van der Waals surface area contributed by atoms with Crippen molar-refractivity contribution in [2.45, 2.75) is 31.7 Å². The van der Waals surface area contributed by atoms with Crippen LogP contribution in [0.4, 0.5) is 0 Å². The highest BCUT2D eigenvalue weighted by atomic mass is 32.2. The Kier molecular flexibility index (Phi) is 6.05. The maximum Gasteiger partial charge on any atom is 0.226 e. The number of rotatable bonds is 6. The summed E-state index contributed by atoms with van der Waals surface area (Å²) in [7, 11) is -3.14. The number of benzene rings is 1. The van der Waals surface area contributed by atoms with E-state index in [9.17, 15) is 13.2 Å². The molecule has 2 aromatic rings. The van der Waals surface area contributed by atoms with Gasteiger partial charge in [-0.1, -0.05) is 30.3 Å². The minimum atomic E-state index is -3.14. The van der Waals surface area contributed by atoms with Gasteiger partial charge in [-0.25, -0.2) is 17.7 Å². The lowest BCUT2D eigenvalue weighted by molar-refractivity contribution is -0.121. The van der Waals surface area contributed by atoms with E-state index in [1.165, 1.54) is 16.1 Å². The zero-order valence-corrected chi connectivity index (χ0v) is 16.4. The van der Waals surface area contributed by atoms with E-state index in [1.54, 1.807) is 11.3 Å². The molecular weight excluding hydrogens is 370 g/mol. The standard InChI is InChI=1S/C18H23N3O3S2/c1-26(23,24)21-9-7-15(8-10-21)19-17(22)12-16-13-25-18(20-16)11-14-5-3-2-4-6-14/h2-6,13,15H,7-12H2,1H3,(H,19,22). The van der Waals surface area contributed by atoms with Crippen LogP contribution in [-0.2, 0) is 27.7 Å². The second-order valence-electron chi connectivity index (χ2n) is 6.58. The molecule has 0 aliphatic carbocycles. The molecule has 1 amide bonds. The first-order valence-corrected chi connectivity index (χ1v) is 11.3. The number of nitrogens with one attached hydrogen (secondary N) is 1. The molecule has 0 atom stereocenters. The van der Waals surface area contributed by atoms with E-state index in [4.69, 9.17) is 0 Å². The Balaban J connectivity index is 1.47. The van der Waals surface area contributed by atoms with Crippen LogP contribution >= 0.6 is 11.3 Å². The largest absolute Gasteiger partial charge is 0.353 e. The topological polar surface area (TPSA) is 79.4 Å². The van der Waals surface area contributed by atoms with Crippen LogP contribution in [0.25, 0.3) is 0 Å².